The maximum absolute atomic E-state index is 13.4. The summed E-state index contributed by atoms with van der Waals surface area (Å²) in [5.74, 6) is -0.320. The van der Waals surface area contributed by atoms with Crippen LogP contribution >= 0.6 is 15.9 Å². The molecule has 0 saturated heterocycles. The van der Waals surface area contributed by atoms with Gasteiger partial charge in [-0.1, -0.05) is 30.4 Å². The monoisotopic (exact) mass is 589 g/mol. The van der Waals surface area contributed by atoms with Gasteiger partial charge in [-0.3, -0.25) is 9.10 Å². The third-order valence-corrected chi connectivity index (χ3v) is 7.39. The van der Waals surface area contributed by atoms with Crippen LogP contribution in [0.25, 0.3) is 0 Å². The van der Waals surface area contributed by atoms with Crippen molar-refractivity contribution in [3.8, 4) is 11.5 Å². The molecule has 0 aliphatic carbocycles. The number of sulfonamides is 1. The first-order chi connectivity index (χ1) is 17.6. The van der Waals surface area contributed by atoms with Crippen molar-refractivity contribution >= 4 is 43.8 Å². The van der Waals surface area contributed by atoms with Gasteiger partial charge in [0.15, 0.2) is 11.5 Å². The van der Waals surface area contributed by atoms with E-state index in [0.717, 1.165) is 34.1 Å². The molecule has 1 N–H and O–H groups in total. The molecule has 3 aromatic carbocycles. The summed E-state index contributed by atoms with van der Waals surface area (Å²) in [5.41, 5.74) is 4.12. The highest BCUT2D eigenvalue weighted by atomic mass is 79.9. The van der Waals surface area contributed by atoms with Gasteiger partial charge in [0.2, 0.25) is 0 Å². The quantitative estimate of drug-likeness (QED) is 0.196. The zero-order chi connectivity index (χ0) is 27.0. The number of amides is 1. The molecule has 0 fully saturated rings. The SMILES string of the molecule is C=CCOc1c(Br)cc(/C=N\NC(=O)CN(c2ccc(C)cc2)S(=O)(=O)c2ccc(F)cc2)cc1OC. The van der Waals surface area contributed by atoms with Gasteiger partial charge < -0.3 is 9.47 Å². The predicted molar refractivity (Wildman–Crippen MR) is 144 cm³/mol. The minimum Gasteiger partial charge on any atom is -0.493 e. The highest BCUT2D eigenvalue weighted by Crippen LogP contribution is 2.36. The van der Waals surface area contributed by atoms with Gasteiger partial charge in [-0.05, 0) is 76.9 Å². The number of ether oxygens (including phenoxy) is 2. The summed E-state index contributed by atoms with van der Waals surface area (Å²) in [5, 5.41) is 3.95. The Morgan fingerprint density at radius 2 is 1.84 bits per heavy atom. The molecule has 1 amide bonds. The number of hydrazone groups is 1. The molecule has 0 radical (unpaired) electrons. The molecular weight excluding hydrogens is 565 g/mol. The van der Waals surface area contributed by atoms with E-state index in [1.54, 1.807) is 42.5 Å². The van der Waals surface area contributed by atoms with Crippen LogP contribution in [0.2, 0.25) is 0 Å². The number of carbonyl (C=O) groups excluding carboxylic acids is 1. The summed E-state index contributed by atoms with van der Waals surface area (Å²) in [7, 11) is -2.68. The number of nitrogens with one attached hydrogen (secondary N) is 1. The lowest BCUT2D eigenvalue weighted by Gasteiger charge is -2.23. The molecule has 0 aliphatic rings. The van der Waals surface area contributed by atoms with Gasteiger partial charge in [-0.2, -0.15) is 5.10 Å². The van der Waals surface area contributed by atoms with Crippen LogP contribution in [0.1, 0.15) is 11.1 Å². The zero-order valence-corrected chi connectivity index (χ0v) is 22.6. The lowest BCUT2D eigenvalue weighted by molar-refractivity contribution is -0.119. The Morgan fingerprint density at radius 3 is 2.46 bits per heavy atom. The van der Waals surface area contributed by atoms with Crippen molar-refractivity contribution in [1.82, 2.24) is 5.43 Å². The highest BCUT2D eigenvalue weighted by Gasteiger charge is 2.27. The average molecular weight is 590 g/mol. The third-order valence-electron chi connectivity index (χ3n) is 5.01. The second-order valence-electron chi connectivity index (χ2n) is 7.73. The van der Waals surface area contributed by atoms with E-state index in [4.69, 9.17) is 9.47 Å². The highest BCUT2D eigenvalue weighted by molar-refractivity contribution is 9.10. The summed E-state index contributed by atoms with van der Waals surface area (Å²) in [6.45, 7) is 5.21. The van der Waals surface area contributed by atoms with Crippen molar-refractivity contribution in [1.29, 1.82) is 0 Å². The number of hydrogen-bond donors (Lipinski definition) is 1. The molecule has 0 bridgehead atoms. The van der Waals surface area contributed by atoms with Crippen molar-refractivity contribution in [2.24, 2.45) is 5.10 Å². The van der Waals surface area contributed by atoms with E-state index in [2.05, 4.69) is 33.0 Å². The van der Waals surface area contributed by atoms with Crippen molar-refractivity contribution in [3.63, 3.8) is 0 Å². The second kappa shape index (κ2) is 12.5. The molecule has 8 nitrogen and oxygen atoms in total. The van der Waals surface area contributed by atoms with Gasteiger partial charge >= 0.3 is 0 Å². The fourth-order valence-electron chi connectivity index (χ4n) is 3.20. The Labute approximate surface area is 223 Å². The molecule has 3 aromatic rings. The van der Waals surface area contributed by atoms with E-state index in [0.29, 0.717) is 21.5 Å². The summed E-state index contributed by atoms with van der Waals surface area (Å²) >= 11 is 3.42. The first kappa shape index (κ1) is 27.9. The molecule has 0 atom stereocenters. The van der Waals surface area contributed by atoms with Gasteiger partial charge in [0.25, 0.3) is 15.9 Å². The molecular formula is C26H25BrFN3O5S. The number of anilines is 1. The van der Waals surface area contributed by atoms with Gasteiger partial charge in [0.05, 0.1) is 28.4 Å². The number of aryl methyl sites for hydroxylation is 1. The van der Waals surface area contributed by atoms with Gasteiger partial charge in [-0.15, -0.1) is 0 Å². The lowest BCUT2D eigenvalue weighted by Crippen LogP contribution is -2.39. The molecule has 0 heterocycles. The molecule has 11 heteroatoms. The van der Waals surface area contributed by atoms with E-state index in [9.17, 15) is 17.6 Å². The van der Waals surface area contributed by atoms with Gasteiger partial charge in [0, 0.05) is 0 Å². The van der Waals surface area contributed by atoms with Crippen LogP contribution in [0.4, 0.5) is 10.1 Å². The Morgan fingerprint density at radius 1 is 1.16 bits per heavy atom. The second-order valence-corrected chi connectivity index (χ2v) is 10.4. The number of carbonyl (C=O) groups is 1. The summed E-state index contributed by atoms with van der Waals surface area (Å²) in [6, 6.07) is 14.4. The van der Waals surface area contributed by atoms with E-state index in [1.807, 2.05) is 6.92 Å². The Hall–Kier alpha value is -3.70. The van der Waals surface area contributed by atoms with Crippen molar-refractivity contribution in [3.05, 3.63) is 94.7 Å². The molecule has 37 heavy (non-hydrogen) atoms. The molecule has 0 aromatic heterocycles. The van der Waals surface area contributed by atoms with E-state index in [1.165, 1.54) is 13.3 Å². The molecule has 194 valence electrons. The largest absolute Gasteiger partial charge is 0.493 e. The molecule has 0 spiro atoms. The van der Waals surface area contributed by atoms with Crippen LogP contribution in [-0.2, 0) is 14.8 Å². The fraction of sp³-hybridized carbons (Fsp3) is 0.154. The Bertz CT molecular complexity index is 1390. The summed E-state index contributed by atoms with van der Waals surface area (Å²) < 4.78 is 52.5. The van der Waals surface area contributed by atoms with Crippen LogP contribution in [0.3, 0.4) is 0 Å². The number of halogens is 2. The average Bonchev–Trinajstić information content (AvgIpc) is 2.87. The number of nitrogens with zero attached hydrogens (tertiary/aromatic N) is 2. The minimum absolute atomic E-state index is 0.151. The number of benzene rings is 3. The zero-order valence-electron chi connectivity index (χ0n) is 20.1. The number of hydrogen-bond acceptors (Lipinski definition) is 6. The smallest absolute Gasteiger partial charge is 0.264 e. The first-order valence-corrected chi connectivity index (χ1v) is 13.2. The first-order valence-electron chi connectivity index (χ1n) is 10.9. The van der Waals surface area contributed by atoms with Gasteiger partial charge in [-0.25, -0.2) is 18.2 Å². The number of methoxy groups -OCH3 is 1. The lowest BCUT2D eigenvalue weighted by atomic mass is 10.2. The molecule has 0 unspecified atom stereocenters. The van der Waals surface area contributed by atoms with Crippen LogP contribution in [0, 0.1) is 12.7 Å². The normalized spacial score (nSPS) is 11.2. The molecule has 3 rings (SSSR count). The molecule has 0 saturated carbocycles. The van der Waals surface area contributed by atoms with E-state index < -0.39 is 28.3 Å². The Balaban J connectivity index is 1.81. The predicted octanol–water partition coefficient (Wildman–Crippen LogP) is 4.82. The Kier molecular flexibility index (Phi) is 9.42. The maximum atomic E-state index is 13.4. The van der Waals surface area contributed by atoms with E-state index in [-0.39, 0.29) is 17.2 Å². The van der Waals surface area contributed by atoms with Crippen LogP contribution < -0.4 is 19.2 Å². The number of rotatable bonds is 11. The third kappa shape index (κ3) is 7.17. The maximum Gasteiger partial charge on any atom is 0.264 e. The van der Waals surface area contributed by atoms with Crippen LogP contribution in [0.15, 0.2) is 87.8 Å². The topological polar surface area (TPSA) is 97.3 Å². The van der Waals surface area contributed by atoms with E-state index >= 15 is 0 Å². The fourth-order valence-corrected chi connectivity index (χ4v) is 5.20. The minimum atomic E-state index is -4.17. The van der Waals surface area contributed by atoms with Crippen molar-refractivity contribution < 1.29 is 27.1 Å². The van der Waals surface area contributed by atoms with Crippen molar-refractivity contribution in [2.75, 3.05) is 24.6 Å². The van der Waals surface area contributed by atoms with Crippen LogP contribution in [-0.4, -0.2) is 40.8 Å². The summed E-state index contributed by atoms with van der Waals surface area (Å²) in [6.07, 6.45) is 2.99. The van der Waals surface area contributed by atoms with Gasteiger partial charge in [0.1, 0.15) is 19.0 Å². The van der Waals surface area contributed by atoms with Crippen molar-refractivity contribution in [2.45, 2.75) is 11.8 Å². The summed E-state index contributed by atoms with van der Waals surface area (Å²) in [4.78, 5) is 12.6. The molecule has 0 aliphatic heterocycles. The standard InChI is InChI=1S/C26H25BrFN3O5S/c1-4-13-36-26-23(27)14-19(15-24(26)35-3)16-29-30-25(32)17-31(21-9-5-18(2)6-10-21)37(33,34)22-11-7-20(28)8-12-22/h4-12,14-16H,1,13,17H2,2-3H3,(H,30,32)/b29-16-. The van der Waals surface area contributed by atoms with Crippen LogP contribution in [0.5, 0.6) is 11.5 Å².